The number of ether oxygens (including phenoxy) is 1. The molecule has 1 rings (SSSR count). The minimum Gasteiger partial charge on any atom is -0.545 e. The molecular formula is C16H20ClNaO4. The summed E-state index contributed by atoms with van der Waals surface area (Å²) in [5.41, 5.74) is 0.0353. The third-order valence-corrected chi connectivity index (χ3v) is 3.52. The first-order valence-electron chi connectivity index (χ1n) is 7.21. The Hall–Kier alpha value is -0.550. The van der Waals surface area contributed by atoms with Gasteiger partial charge in [0.1, 0.15) is 11.1 Å². The van der Waals surface area contributed by atoms with Gasteiger partial charge in [0.15, 0.2) is 0 Å². The molecule has 0 amide bonds. The van der Waals surface area contributed by atoms with Crippen LogP contribution in [0.5, 0.6) is 5.75 Å². The number of carboxylic acids is 1. The van der Waals surface area contributed by atoms with Crippen molar-refractivity contribution < 1.29 is 49.0 Å². The van der Waals surface area contributed by atoms with E-state index in [0.29, 0.717) is 6.42 Å². The number of benzene rings is 1. The maximum atomic E-state index is 11.8. The topological polar surface area (TPSA) is 66.4 Å². The first kappa shape index (κ1) is 21.4. The molecule has 6 heteroatoms. The number of hydrogen-bond donors (Lipinski definition) is 0. The number of esters is 1. The van der Waals surface area contributed by atoms with Crippen molar-refractivity contribution in [3.05, 3.63) is 29.8 Å². The fourth-order valence-corrected chi connectivity index (χ4v) is 2.08. The normalized spacial score (nSPS) is 11.4. The maximum Gasteiger partial charge on any atom is 1.00 e. The van der Waals surface area contributed by atoms with Crippen LogP contribution in [0, 0.1) is 0 Å². The van der Waals surface area contributed by atoms with Gasteiger partial charge in [-0.2, -0.15) is 0 Å². The second-order valence-electron chi connectivity index (χ2n) is 4.90. The van der Waals surface area contributed by atoms with Crippen molar-refractivity contribution in [2.45, 2.75) is 50.8 Å². The molecule has 116 valence electrons. The minimum absolute atomic E-state index is 0. The summed E-state index contributed by atoms with van der Waals surface area (Å²) in [7, 11) is 0. The van der Waals surface area contributed by atoms with Crippen LogP contribution in [-0.4, -0.2) is 17.3 Å². The Morgan fingerprint density at radius 1 is 1.14 bits per heavy atom. The number of halogens is 1. The molecule has 0 saturated heterocycles. The molecule has 0 aromatic heterocycles. The summed E-state index contributed by atoms with van der Waals surface area (Å²) in [6.45, 7) is 2.15. The zero-order valence-electron chi connectivity index (χ0n) is 13.1. The third kappa shape index (κ3) is 8.18. The van der Waals surface area contributed by atoms with Crippen LogP contribution in [0.25, 0.3) is 0 Å². The van der Waals surface area contributed by atoms with Crippen LogP contribution in [0.4, 0.5) is 0 Å². The number of carbonyl (C=O) groups excluding carboxylic acids is 2. The number of hydrogen-bond acceptors (Lipinski definition) is 4. The second kappa shape index (κ2) is 11.9. The fourth-order valence-electron chi connectivity index (χ4n) is 1.88. The third-order valence-electron chi connectivity index (χ3n) is 3.13. The summed E-state index contributed by atoms with van der Waals surface area (Å²) < 4.78 is 5.10. The second-order valence-corrected chi connectivity index (χ2v) is 5.43. The van der Waals surface area contributed by atoms with Crippen molar-refractivity contribution in [3.8, 4) is 5.75 Å². The van der Waals surface area contributed by atoms with Gasteiger partial charge in [0.25, 0.3) is 0 Å². The van der Waals surface area contributed by atoms with Gasteiger partial charge in [-0.1, -0.05) is 39.0 Å². The summed E-state index contributed by atoms with van der Waals surface area (Å²) in [4.78, 5) is 22.4. The van der Waals surface area contributed by atoms with Gasteiger partial charge in [0.2, 0.25) is 0 Å². The number of unbranched alkanes of at least 4 members (excludes halogenated alkanes) is 4. The molecule has 1 atom stereocenters. The van der Waals surface area contributed by atoms with Crippen LogP contribution < -0.4 is 39.4 Å². The molecule has 0 saturated carbocycles. The summed E-state index contributed by atoms with van der Waals surface area (Å²) >= 11 is 6.00. The molecular weight excluding hydrogens is 315 g/mol. The van der Waals surface area contributed by atoms with Crippen molar-refractivity contribution in [3.63, 3.8) is 0 Å². The molecule has 0 aliphatic rings. The fraction of sp³-hybridized carbons (Fsp3) is 0.500. The summed E-state index contributed by atoms with van der Waals surface area (Å²) in [5, 5.41) is 9.92. The van der Waals surface area contributed by atoms with E-state index in [1.807, 2.05) is 0 Å². The number of rotatable bonds is 9. The average Bonchev–Trinajstić information content (AvgIpc) is 2.47. The Morgan fingerprint density at radius 3 is 2.27 bits per heavy atom. The Labute approximate surface area is 158 Å². The van der Waals surface area contributed by atoms with Gasteiger partial charge < -0.3 is 14.6 Å². The standard InChI is InChI=1S/C16H21ClO4.Na/c1-2-3-4-5-6-7-14(17)16(20)21-13-10-8-12(9-11-13)15(18)19;/h8-11,14H,2-7H2,1H3,(H,18,19);/q;+1/p-1. The van der Waals surface area contributed by atoms with Gasteiger partial charge in [-0.15, -0.1) is 11.6 Å². The van der Waals surface area contributed by atoms with Crippen molar-refractivity contribution in [2.24, 2.45) is 0 Å². The Bertz CT molecular complexity index is 462. The van der Waals surface area contributed by atoms with Crippen LogP contribution in [0.2, 0.25) is 0 Å². The van der Waals surface area contributed by atoms with Gasteiger partial charge in [-0.05, 0) is 36.2 Å². The molecule has 22 heavy (non-hydrogen) atoms. The first-order chi connectivity index (χ1) is 10.0. The van der Waals surface area contributed by atoms with Gasteiger partial charge in [0.05, 0.1) is 5.97 Å². The molecule has 0 N–H and O–H groups in total. The van der Waals surface area contributed by atoms with Crippen LogP contribution in [0.15, 0.2) is 24.3 Å². The molecule has 0 aliphatic carbocycles. The van der Waals surface area contributed by atoms with Crippen molar-refractivity contribution in [1.82, 2.24) is 0 Å². The molecule has 4 nitrogen and oxygen atoms in total. The number of alkyl halides is 1. The summed E-state index contributed by atoms with van der Waals surface area (Å²) in [6, 6.07) is 5.47. The number of aromatic carboxylic acids is 1. The van der Waals surface area contributed by atoms with E-state index < -0.39 is 17.3 Å². The van der Waals surface area contributed by atoms with E-state index in [1.54, 1.807) is 0 Å². The van der Waals surface area contributed by atoms with Crippen molar-refractivity contribution in [1.29, 1.82) is 0 Å². The summed E-state index contributed by atoms with van der Waals surface area (Å²) in [6.07, 6.45) is 6.06. The molecule has 0 spiro atoms. The summed E-state index contributed by atoms with van der Waals surface area (Å²) in [5.74, 6) is -1.50. The zero-order chi connectivity index (χ0) is 15.7. The first-order valence-corrected chi connectivity index (χ1v) is 7.65. The SMILES string of the molecule is CCCCCCCC(Cl)C(=O)Oc1ccc(C(=O)[O-])cc1.[Na+]. The number of carboxylic acid groups (broad SMARTS) is 1. The largest absolute Gasteiger partial charge is 1.00 e. The smallest absolute Gasteiger partial charge is 0.545 e. The predicted octanol–water partition coefficient (Wildman–Crippen LogP) is -0.0726. The molecule has 0 heterocycles. The molecule has 0 aliphatic heterocycles. The van der Waals surface area contributed by atoms with E-state index in [9.17, 15) is 14.7 Å². The molecule has 1 aromatic rings. The zero-order valence-corrected chi connectivity index (χ0v) is 15.9. The Morgan fingerprint density at radius 2 is 1.73 bits per heavy atom. The van der Waals surface area contributed by atoms with Crippen molar-refractivity contribution in [2.75, 3.05) is 0 Å². The maximum absolute atomic E-state index is 11.8. The number of carbonyl (C=O) groups is 2. The monoisotopic (exact) mass is 334 g/mol. The van der Waals surface area contributed by atoms with E-state index in [-0.39, 0.29) is 40.9 Å². The van der Waals surface area contributed by atoms with E-state index in [1.165, 1.54) is 37.1 Å². The van der Waals surface area contributed by atoms with E-state index >= 15 is 0 Å². The van der Waals surface area contributed by atoms with E-state index in [0.717, 1.165) is 19.3 Å². The molecule has 0 radical (unpaired) electrons. The van der Waals surface area contributed by atoms with Crippen LogP contribution >= 0.6 is 11.6 Å². The van der Waals surface area contributed by atoms with Crippen LogP contribution in [0.3, 0.4) is 0 Å². The quantitative estimate of drug-likeness (QED) is 0.208. The molecule has 0 fully saturated rings. The van der Waals surface area contributed by atoms with Crippen LogP contribution in [-0.2, 0) is 4.79 Å². The molecule has 1 unspecified atom stereocenters. The minimum atomic E-state index is -1.27. The Balaban J connectivity index is 0.00000441. The predicted molar refractivity (Wildman–Crippen MR) is 79.4 cm³/mol. The van der Waals surface area contributed by atoms with Gasteiger partial charge in [-0.25, -0.2) is 0 Å². The Kier molecular flexibility index (Phi) is 11.6. The van der Waals surface area contributed by atoms with E-state index in [2.05, 4.69) is 6.92 Å². The van der Waals surface area contributed by atoms with Crippen molar-refractivity contribution >= 4 is 23.5 Å². The van der Waals surface area contributed by atoms with Gasteiger partial charge in [0, 0.05) is 0 Å². The molecule has 0 bridgehead atoms. The van der Waals surface area contributed by atoms with E-state index in [4.69, 9.17) is 16.3 Å². The van der Waals surface area contributed by atoms with Gasteiger partial charge in [-0.3, -0.25) is 4.79 Å². The van der Waals surface area contributed by atoms with Gasteiger partial charge >= 0.3 is 35.5 Å². The average molecular weight is 335 g/mol. The van der Waals surface area contributed by atoms with Crippen LogP contribution in [0.1, 0.15) is 55.8 Å². The molecule has 1 aromatic carbocycles.